The summed E-state index contributed by atoms with van der Waals surface area (Å²) in [5.41, 5.74) is 11.2. The van der Waals surface area contributed by atoms with Gasteiger partial charge in [0.25, 0.3) is 0 Å². The molecule has 0 fully saturated rings. The first-order chi connectivity index (χ1) is 29.5. The van der Waals surface area contributed by atoms with Crippen molar-refractivity contribution in [3.63, 3.8) is 0 Å². The monoisotopic (exact) mass is 958 g/mol. The van der Waals surface area contributed by atoms with Gasteiger partial charge in [-0.05, 0) is 81.4 Å². The normalized spacial score (nSPS) is 13.1. The molecule has 5 aromatic carbocycles. The molecule has 0 unspecified atom stereocenters. The van der Waals surface area contributed by atoms with Gasteiger partial charge in [0.1, 0.15) is 0 Å². The number of hydrogen-bond donors (Lipinski definition) is 0. The molecule has 0 amide bonds. The van der Waals surface area contributed by atoms with E-state index in [1.54, 1.807) is 6.20 Å². The molecule has 4 aromatic heterocycles. The number of imidazole rings is 1. The number of furan rings is 1. The Labute approximate surface area is 363 Å². The smallest absolute Gasteiger partial charge is 0.216 e. The number of rotatable bonds is 7. The fourth-order valence-corrected chi connectivity index (χ4v) is 8.29. The molecule has 9 aromatic rings. The summed E-state index contributed by atoms with van der Waals surface area (Å²) in [6.45, 7) is 13.3. The number of fused-ring (bicyclic) bond motifs is 4. The fraction of sp³-hybridized carbons (Fsp3) is 0.196. The molecule has 0 aliphatic rings. The van der Waals surface area contributed by atoms with Gasteiger partial charge in [0.2, 0.25) is 5.71 Å². The Morgan fingerprint density at radius 3 is 2.19 bits per heavy atom. The van der Waals surface area contributed by atoms with Gasteiger partial charge in [-0.3, -0.25) is 4.98 Å². The van der Waals surface area contributed by atoms with E-state index in [2.05, 4.69) is 141 Å². The topological polar surface area (TPSA) is 56.7 Å². The van der Waals surface area contributed by atoms with Crippen molar-refractivity contribution in [1.82, 2.24) is 19.5 Å². The van der Waals surface area contributed by atoms with Crippen molar-refractivity contribution >= 4 is 46.4 Å². The molecule has 0 atom stereocenters. The average molecular weight is 958 g/mol. The molecule has 0 spiro atoms. The van der Waals surface area contributed by atoms with E-state index < -0.39 is 14.9 Å². The summed E-state index contributed by atoms with van der Waals surface area (Å²) in [5.74, 6) is 1.41. The minimum atomic E-state index is -2.47. The van der Waals surface area contributed by atoms with E-state index in [4.69, 9.17) is 16.3 Å². The van der Waals surface area contributed by atoms with Crippen LogP contribution in [0.25, 0.3) is 72.6 Å². The van der Waals surface area contributed by atoms with Crippen LogP contribution in [0.4, 0.5) is 0 Å². The summed E-state index contributed by atoms with van der Waals surface area (Å²) in [6.07, 6.45) is 3.59. The van der Waals surface area contributed by atoms with E-state index in [1.165, 1.54) is 39.2 Å². The molecule has 7 heteroatoms. The number of pyridine rings is 2. The maximum atomic E-state index is 7.88. The number of benzene rings is 5. The predicted molar refractivity (Wildman–Crippen MR) is 240 cm³/mol. The first-order valence-electron chi connectivity index (χ1n) is 21.9. The van der Waals surface area contributed by atoms with Gasteiger partial charge in [-0.15, -0.1) is 53.5 Å². The number of para-hydroxylation sites is 2. The molecule has 58 heavy (non-hydrogen) atoms. The van der Waals surface area contributed by atoms with Crippen LogP contribution in [0, 0.1) is 19.0 Å². The minimum Gasteiger partial charge on any atom is -0.486 e. The van der Waals surface area contributed by atoms with Crippen LogP contribution in [0.1, 0.15) is 63.1 Å². The summed E-state index contributed by atoms with van der Waals surface area (Å²) < 4.78 is 46.6. The third-order valence-electron chi connectivity index (χ3n) is 10.3. The van der Waals surface area contributed by atoms with Crippen LogP contribution in [0.3, 0.4) is 0 Å². The zero-order valence-corrected chi connectivity index (χ0v) is 37.1. The largest absolute Gasteiger partial charge is 0.486 e. The first-order valence-corrected chi connectivity index (χ1v) is 22.9. The van der Waals surface area contributed by atoms with Crippen molar-refractivity contribution in [3.05, 3.63) is 162 Å². The molecule has 9 rings (SSSR count). The van der Waals surface area contributed by atoms with Crippen molar-refractivity contribution in [2.75, 3.05) is 0 Å². The van der Waals surface area contributed by atoms with Gasteiger partial charge in [-0.2, -0.15) is 0 Å². The second kappa shape index (κ2) is 16.8. The third kappa shape index (κ3) is 8.00. The molecule has 0 saturated heterocycles. The number of hydrogen-bond acceptors (Lipinski definition) is 4. The molecule has 0 bridgehead atoms. The van der Waals surface area contributed by atoms with Crippen molar-refractivity contribution in [3.8, 4) is 39.5 Å². The van der Waals surface area contributed by atoms with Crippen molar-refractivity contribution in [2.24, 2.45) is 0 Å². The van der Waals surface area contributed by atoms with E-state index in [0.717, 1.165) is 38.8 Å². The molecule has 0 saturated carbocycles. The Balaban J connectivity index is 0.000000221. The van der Waals surface area contributed by atoms with E-state index in [9.17, 15) is 0 Å². The summed E-state index contributed by atoms with van der Waals surface area (Å²) in [4.78, 5) is 14.1. The quantitative estimate of drug-likeness (QED) is 0.118. The number of aromatic nitrogens is 4. The SMILES string of the molecule is CC(C)c1cc(-c2ccccc2)cc(C(C)C)c1-n1c(-c2[c-]ccc3c2oc2ncccc23)nc2ccccc21.[2H]c1[c-]c(-c2ccc([Si](C)(C)C)cn2)cc([2H])c1C([2H])([2H])[2H].[Ir]. The first kappa shape index (κ1) is 34.6. The van der Waals surface area contributed by atoms with E-state index in [1.807, 2.05) is 42.6 Å². The third-order valence-corrected chi connectivity index (χ3v) is 12.4. The van der Waals surface area contributed by atoms with Crippen LogP contribution >= 0.6 is 0 Å². The standard InChI is InChI=1S/C36H30N3O.C15H18NSi.Ir/c1-22(2)29-20-25(24-12-6-5-7-13-24)21-30(23(3)4)33(29)39-32-18-9-8-17-31(32)38-35(39)28-15-10-14-26-27-16-11-19-37-36(27)40-34(26)28;1-12-5-7-13(8-6-12)15-10-9-14(11-16-15)17(2,3)4;/h5-14,16-23H,1-4H3;5-7,9-11H,1-4H3;/q2*-1;/i;1D3,5D,6D;. The molecular weight excluding hydrogens is 905 g/mol. The van der Waals surface area contributed by atoms with E-state index >= 15 is 0 Å². The van der Waals surface area contributed by atoms with Crippen LogP contribution < -0.4 is 5.19 Å². The molecule has 293 valence electrons. The van der Waals surface area contributed by atoms with Crippen LogP contribution in [0.5, 0.6) is 0 Å². The molecule has 0 N–H and O–H groups in total. The van der Waals surface area contributed by atoms with E-state index in [0.29, 0.717) is 28.8 Å². The zero-order chi connectivity index (χ0) is 44.1. The van der Waals surface area contributed by atoms with Gasteiger partial charge in [0.05, 0.1) is 30.5 Å². The Morgan fingerprint density at radius 2 is 1.52 bits per heavy atom. The summed E-state index contributed by atoms with van der Waals surface area (Å²) >= 11 is 0. The van der Waals surface area contributed by atoms with Crippen LogP contribution in [0.2, 0.25) is 19.6 Å². The van der Waals surface area contributed by atoms with E-state index in [-0.39, 0.29) is 37.8 Å². The Morgan fingerprint density at radius 1 is 0.776 bits per heavy atom. The molecule has 0 aliphatic heterocycles. The summed E-state index contributed by atoms with van der Waals surface area (Å²) in [6, 6.07) is 42.8. The second-order valence-corrected chi connectivity index (χ2v) is 21.1. The molecule has 1 radical (unpaired) electrons. The predicted octanol–water partition coefficient (Wildman–Crippen LogP) is 13.1. The Bertz CT molecular complexity index is 3030. The van der Waals surface area contributed by atoms with Crippen molar-refractivity contribution in [1.29, 1.82) is 0 Å². The van der Waals surface area contributed by atoms with Gasteiger partial charge in [-0.25, -0.2) is 4.98 Å². The van der Waals surface area contributed by atoms with Crippen molar-refractivity contribution in [2.45, 2.75) is 66.0 Å². The molecule has 4 heterocycles. The summed E-state index contributed by atoms with van der Waals surface area (Å²) in [7, 11) is -1.43. The van der Waals surface area contributed by atoms with Gasteiger partial charge >= 0.3 is 0 Å². The van der Waals surface area contributed by atoms with Gasteiger partial charge in [0, 0.05) is 50.4 Å². The summed E-state index contributed by atoms with van der Waals surface area (Å²) in [5, 5.41) is 3.23. The minimum absolute atomic E-state index is 0. The molecule has 5 nitrogen and oxygen atoms in total. The van der Waals surface area contributed by atoms with Gasteiger partial charge in [-0.1, -0.05) is 120 Å². The van der Waals surface area contributed by atoms with Gasteiger partial charge in [0.15, 0.2) is 0 Å². The number of nitrogens with zero attached hydrogens (tertiary/aromatic N) is 4. The zero-order valence-electron chi connectivity index (χ0n) is 38.7. The maximum absolute atomic E-state index is 7.88. The van der Waals surface area contributed by atoms with Crippen LogP contribution in [0.15, 0.2) is 138 Å². The van der Waals surface area contributed by atoms with Crippen molar-refractivity contribution < 1.29 is 31.4 Å². The van der Waals surface area contributed by atoms with Crippen LogP contribution in [-0.2, 0) is 20.1 Å². The Kier molecular flexibility index (Phi) is 10.0. The molecular formula is C51H48IrN4OSi-2. The fourth-order valence-electron chi connectivity index (χ4n) is 7.26. The van der Waals surface area contributed by atoms with Crippen LogP contribution in [-0.4, -0.2) is 27.6 Å². The Hall–Kier alpha value is -5.46. The molecule has 0 aliphatic carbocycles. The second-order valence-electron chi connectivity index (χ2n) is 16.0. The maximum Gasteiger partial charge on any atom is 0.216 e. The average Bonchev–Trinajstić information content (AvgIpc) is 3.81. The van der Waals surface area contributed by atoms with Gasteiger partial charge < -0.3 is 14.0 Å².